The van der Waals surface area contributed by atoms with Crippen LogP contribution in [0.5, 0.6) is 0 Å². The van der Waals surface area contributed by atoms with Crippen molar-refractivity contribution in [3.63, 3.8) is 0 Å². The molecule has 1 aromatic rings. The van der Waals surface area contributed by atoms with E-state index in [9.17, 15) is 4.79 Å². The van der Waals surface area contributed by atoms with Crippen molar-refractivity contribution in [1.29, 1.82) is 0 Å². The molecule has 3 rings (SSSR count). The van der Waals surface area contributed by atoms with Crippen molar-refractivity contribution in [3.8, 4) is 0 Å². The summed E-state index contributed by atoms with van der Waals surface area (Å²) in [5, 5.41) is 0. The first-order valence-electron chi connectivity index (χ1n) is 9.33. The van der Waals surface area contributed by atoms with Crippen molar-refractivity contribution >= 4 is 5.91 Å². The summed E-state index contributed by atoms with van der Waals surface area (Å²) in [6, 6.07) is 0.414. The molecule has 1 aliphatic carbocycles. The van der Waals surface area contributed by atoms with Crippen molar-refractivity contribution in [2.75, 3.05) is 6.54 Å². The minimum Gasteiger partial charge on any atom is -0.435 e. The lowest BCUT2D eigenvalue weighted by Crippen LogP contribution is -2.45. The van der Waals surface area contributed by atoms with Crippen LogP contribution in [0.25, 0.3) is 0 Å². The molecule has 2 atom stereocenters. The average Bonchev–Trinajstić information content (AvgIpc) is 2.75. The summed E-state index contributed by atoms with van der Waals surface area (Å²) in [4.78, 5) is 19.7. The van der Waals surface area contributed by atoms with E-state index in [0.29, 0.717) is 29.5 Å². The molecule has 4 heteroatoms. The van der Waals surface area contributed by atoms with Crippen LogP contribution in [-0.2, 0) is 6.42 Å². The molecule has 1 amide bonds. The number of amides is 1. The molecule has 1 saturated carbocycles. The lowest BCUT2D eigenvalue weighted by Gasteiger charge is -2.37. The first kappa shape index (κ1) is 16.5. The van der Waals surface area contributed by atoms with Gasteiger partial charge in [-0.1, -0.05) is 33.1 Å². The first-order chi connectivity index (χ1) is 11.1. The van der Waals surface area contributed by atoms with E-state index in [1.807, 2.05) is 6.92 Å². The van der Waals surface area contributed by atoms with E-state index in [4.69, 9.17) is 4.42 Å². The highest BCUT2D eigenvalue weighted by Crippen LogP contribution is 2.35. The van der Waals surface area contributed by atoms with E-state index >= 15 is 0 Å². The highest BCUT2D eigenvalue weighted by molar-refractivity contribution is 5.92. The average molecular weight is 318 g/mol. The molecule has 2 heterocycles. The van der Waals surface area contributed by atoms with Gasteiger partial charge in [0, 0.05) is 19.0 Å². The maximum atomic E-state index is 13.1. The zero-order valence-corrected chi connectivity index (χ0v) is 14.8. The van der Waals surface area contributed by atoms with Crippen LogP contribution in [-0.4, -0.2) is 28.4 Å². The molecule has 2 fully saturated rings. The molecular formula is C19H30N2O2. The first-order valence-corrected chi connectivity index (χ1v) is 9.33. The van der Waals surface area contributed by atoms with Gasteiger partial charge in [0.15, 0.2) is 5.89 Å². The Morgan fingerprint density at radius 2 is 1.91 bits per heavy atom. The lowest BCUT2D eigenvalue weighted by atomic mass is 9.81. The molecule has 1 aliphatic heterocycles. The Kier molecular flexibility index (Phi) is 5.08. The van der Waals surface area contributed by atoms with Crippen LogP contribution in [0.4, 0.5) is 0 Å². The number of aromatic nitrogens is 1. The van der Waals surface area contributed by atoms with Gasteiger partial charge in [-0.05, 0) is 44.4 Å². The number of carbonyl (C=O) groups excluding carboxylic acids is 1. The summed E-state index contributed by atoms with van der Waals surface area (Å²) >= 11 is 0. The number of aryl methyl sites for hydroxylation is 1. The molecule has 0 unspecified atom stereocenters. The number of nitrogens with zero attached hydrogens (tertiary/aromatic N) is 2. The van der Waals surface area contributed by atoms with Crippen LogP contribution in [0.2, 0.25) is 0 Å². The Bertz CT molecular complexity index is 550. The maximum absolute atomic E-state index is 13.1. The van der Waals surface area contributed by atoms with Gasteiger partial charge in [0.2, 0.25) is 5.76 Å². The second-order valence-electron chi connectivity index (χ2n) is 7.73. The molecule has 1 aromatic heterocycles. The monoisotopic (exact) mass is 318 g/mol. The topological polar surface area (TPSA) is 46.3 Å². The van der Waals surface area contributed by atoms with Crippen LogP contribution in [0, 0.1) is 18.8 Å². The van der Waals surface area contributed by atoms with Crippen LogP contribution < -0.4 is 0 Å². The van der Waals surface area contributed by atoms with E-state index < -0.39 is 0 Å². The predicted molar refractivity (Wildman–Crippen MR) is 90.4 cm³/mol. The Balaban J connectivity index is 1.81. The van der Waals surface area contributed by atoms with Crippen molar-refractivity contribution in [2.24, 2.45) is 11.8 Å². The van der Waals surface area contributed by atoms with Crippen LogP contribution in [0.1, 0.15) is 80.9 Å². The van der Waals surface area contributed by atoms with Gasteiger partial charge in [-0.15, -0.1) is 0 Å². The highest BCUT2D eigenvalue weighted by atomic mass is 16.4. The fourth-order valence-corrected chi connectivity index (χ4v) is 4.26. The summed E-state index contributed by atoms with van der Waals surface area (Å²) in [7, 11) is 0. The molecular weight excluding hydrogens is 288 g/mol. The van der Waals surface area contributed by atoms with Crippen LogP contribution in [0.3, 0.4) is 0 Å². The number of fused-ring (bicyclic) bond motifs is 1. The van der Waals surface area contributed by atoms with Crippen LogP contribution in [0.15, 0.2) is 4.42 Å². The third-order valence-corrected chi connectivity index (χ3v) is 5.37. The Morgan fingerprint density at radius 3 is 2.65 bits per heavy atom. The molecule has 128 valence electrons. The van der Waals surface area contributed by atoms with Gasteiger partial charge in [-0.3, -0.25) is 4.79 Å². The van der Waals surface area contributed by atoms with Gasteiger partial charge in [0.25, 0.3) is 5.91 Å². The summed E-state index contributed by atoms with van der Waals surface area (Å²) in [6.07, 6.45) is 9.44. The van der Waals surface area contributed by atoms with Crippen molar-refractivity contribution in [1.82, 2.24) is 9.88 Å². The van der Waals surface area contributed by atoms with Crippen LogP contribution >= 0.6 is 0 Å². The smallest absolute Gasteiger partial charge is 0.291 e. The van der Waals surface area contributed by atoms with E-state index in [-0.39, 0.29) is 5.91 Å². The van der Waals surface area contributed by atoms with E-state index in [2.05, 4.69) is 23.7 Å². The molecule has 0 spiro atoms. The number of hydrogen-bond acceptors (Lipinski definition) is 3. The number of rotatable bonds is 3. The third-order valence-electron chi connectivity index (χ3n) is 5.37. The summed E-state index contributed by atoms with van der Waals surface area (Å²) in [6.45, 7) is 7.06. The standard InChI is InChI=1S/C19H30N2O2/c1-13(2)12-17-20-14(3)18(23-17)19(22)21-11-7-6-9-15-8-4-5-10-16(15)21/h13,15-16H,4-12H2,1-3H3/t15-,16-/m0/s1. The van der Waals surface area contributed by atoms with Crippen molar-refractivity contribution in [3.05, 3.63) is 17.3 Å². The number of likely N-dealkylation sites (tertiary alicyclic amines) is 1. The Morgan fingerprint density at radius 1 is 1.22 bits per heavy atom. The SMILES string of the molecule is Cc1nc(CC(C)C)oc1C(=O)N1CCCC[C@@H]2CCCC[C@@H]21. The quantitative estimate of drug-likeness (QED) is 0.831. The van der Waals surface area contributed by atoms with Gasteiger partial charge in [-0.25, -0.2) is 4.98 Å². The molecule has 0 bridgehead atoms. The van der Waals surface area contributed by atoms with Gasteiger partial charge < -0.3 is 9.32 Å². The van der Waals surface area contributed by atoms with Gasteiger partial charge in [0.1, 0.15) is 0 Å². The number of hydrogen-bond donors (Lipinski definition) is 0. The second-order valence-corrected chi connectivity index (χ2v) is 7.73. The highest BCUT2D eigenvalue weighted by Gasteiger charge is 2.36. The molecule has 2 aliphatic rings. The molecule has 4 nitrogen and oxygen atoms in total. The summed E-state index contributed by atoms with van der Waals surface area (Å²) in [5.41, 5.74) is 0.752. The zero-order valence-electron chi connectivity index (χ0n) is 14.8. The molecule has 23 heavy (non-hydrogen) atoms. The molecule has 1 saturated heterocycles. The minimum absolute atomic E-state index is 0.0730. The van der Waals surface area contributed by atoms with E-state index in [0.717, 1.165) is 31.5 Å². The summed E-state index contributed by atoms with van der Waals surface area (Å²) in [5.74, 6) is 2.43. The Labute approximate surface area is 139 Å². The lowest BCUT2D eigenvalue weighted by molar-refractivity contribution is 0.0534. The largest absolute Gasteiger partial charge is 0.435 e. The van der Waals surface area contributed by atoms with Crippen molar-refractivity contribution < 1.29 is 9.21 Å². The van der Waals surface area contributed by atoms with Crippen molar-refractivity contribution in [2.45, 2.75) is 78.2 Å². The second kappa shape index (κ2) is 7.06. The van der Waals surface area contributed by atoms with Gasteiger partial charge in [0.05, 0.1) is 5.69 Å². The number of oxazole rings is 1. The molecule has 0 radical (unpaired) electrons. The summed E-state index contributed by atoms with van der Waals surface area (Å²) < 4.78 is 5.86. The van der Waals surface area contributed by atoms with E-state index in [1.165, 1.54) is 32.1 Å². The fraction of sp³-hybridized carbons (Fsp3) is 0.789. The third kappa shape index (κ3) is 3.61. The fourth-order valence-electron chi connectivity index (χ4n) is 4.26. The maximum Gasteiger partial charge on any atom is 0.291 e. The zero-order chi connectivity index (χ0) is 16.4. The van der Waals surface area contributed by atoms with Gasteiger partial charge in [-0.2, -0.15) is 0 Å². The normalized spacial score (nSPS) is 25.3. The minimum atomic E-state index is 0.0730. The Hall–Kier alpha value is -1.32. The number of carbonyl (C=O) groups is 1. The molecule has 0 N–H and O–H groups in total. The molecule has 0 aromatic carbocycles. The van der Waals surface area contributed by atoms with Gasteiger partial charge >= 0.3 is 0 Å². The predicted octanol–water partition coefficient (Wildman–Crippen LogP) is 4.37. The van der Waals surface area contributed by atoms with E-state index in [1.54, 1.807) is 0 Å².